The summed E-state index contributed by atoms with van der Waals surface area (Å²) in [6.45, 7) is 5.44. The fourth-order valence-corrected chi connectivity index (χ4v) is 2.70. The van der Waals surface area contributed by atoms with Crippen LogP contribution in [0.25, 0.3) is 0 Å². The van der Waals surface area contributed by atoms with Gasteiger partial charge in [0.05, 0.1) is 6.10 Å². The van der Waals surface area contributed by atoms with Crippen LogP contribution in [0.3, 0.4) is 0 Å². The van der Waals surface area contributed by atoms with Crippen LogP contribution in [-0.2, 0) is 0 Å². The Morgan fingerprint density at radius 3 is 2.38 bits per heavy atom. The number of ketones is 1. The van der Waals surface area contributed by atoms with Gasteiger partial charge < -0.3 is 15.4 Å². The van der Waals surface area contributed by atoms with Crippen molar-refractivity contribution in [3.05, 3.63) is 78.0 Å². The van der Waals surface area contributed by atoms with E-state index in [1.165, 1.54) is 6.92 Å². The summed E-state index contributed by atoms with van der Waals surface area (Å²) in [4.78, 5) is 28.4. The Labute approximate surface area is 169 Å². The second-order valence-electron chi connectivity index (χ2n) is 6.84. The van der Waals surface area contributed by atoms with E-state index in [4.69, 9.17) is 4.74 Å². The van der Waals surface area contributed by atoms with Crippen LogP contribution >= 0.6 is 0 Å². The van der Waals surface area contributed by atoms with Crippen LogP contribution in [0.5, 0.6) is 5.75 Å². The van der Waals surface area contributed by atoms with Crippen molar-refractivity contribution in [2.24, 2.45) is 0 Å². The quantitative estimate of drug-likeness (QED) is 0.552. The van der Waals surface area contributed by atoms with Crippen molar-refractivity contribution < 1.29 is 14.3 Å². The number of Topliss-reactive ketones (excluding diaryl/α,β-unsaturated/α-hetero) is 1. The topological polar surface area (TPSA) is 80.3 Å². The number of carbonyl (C=O) groups excluding carboxylic acids is 2. The number of ether oxygens (including phenoxy) is 1. The third kappa shape index (κ3) is 5.65. The van der Waals surface area contributed by atoms with Crippen molar-refractivity contribution in [1.82, 2.24) is 4.98 Å². The van der Waals surface area contributed by atoms with Gasteiger partial charge in [-0.2, -0.15) is 0 Å². The van der Waals surface area contributed by atoms with Crippen LogP contribution in [-0.4, -0.2) is 22.8 Å². The fourth-order valence-electron chi connectivity index (χ4n) is 2.70. The van der Waals surface area contributed by atoms with Crippen LogP contribution in [0.2, 0.25) is 0 Å². The SMILES string of the molecule is CC(=O)c1cccc(NC(=O)c2ccnc(Nc3ccc(OC(C)C)cc3)c2)c1. The Morgan fingerprint density at radius 1 is 0.931 bits per heavy atom. The van der Waals surface area contributed by atoms with Gasteiger partial charge in [0, 0.05) is 28.7 Å². The van der Waals surface area contributed by atoms with Crippen molar-refractivity contribution in [3.8, 4) is 5.75 Å². The number of hydrogen-bond acceptors (Lipinski definition) is 5. The molecule has 2 N–H and O–H groups in total. The molecule has 0 aliphatic heterocycles. The lowest BCUT2D eigenvalue weighted by Crippen LogP contribution is -2.12. The molecule has 6 nitrogen and oxygen atoms in total. The lowest BCUT2D eigenvalue weighted by molar-refractivity contribution is 0.101. The van der Waals surface area contributed by atoms with Gasteiger partial charge in [0.1, 0.15) is 11.6 Å². The number of hydrogen-bond donors (Lipinski definition) is 2. The molecule has 1 heterocycles. The highest BCUT2D eigenvalue weighted by molar-refractivity contribution is 6.05. The van der Waals surface area contributed by atoms with Crippen molar-refractivity contribution in [1.29, 1.82) is 0 Å². The third-order valence-corrected chi connectivity index (χ3v) is 4.05. The standard InChI is InChI=1S/C23H23N3O3/c1-15(2)29-21-9-7-19(8-10-21)25-22-14-18(11-12-24-22)23(28)26-20-6-4-5-17(13-20)16(3)27/h4-15H,1-3H3,(H,24,25)(H,26,28). The summed E-state index contributed by atoms with van der Waals surface area (Å²) in [7, 11) is 0. The van der Waals surface area contributed by atoms with Crippen molar-refractivity contribution in [2.75, 3.05) is 10.6 Å². The molecule has 0 bridgehead atoms. The molecule has 0 saturated heterocycles. The molecule has 1 aromatic heterocycles. The minimum atomic E-state index is -0.281. The molecule has 0 unspecified atom stereocenters. The number of nitrogens with one attached hydrogen (secondary N) is 2. The zero-order chi connectivity index (χ0) is 20.8. The van der Waals surface area contributed by atoms with E-state index in [1.54, 1.807) is 42.6 Å². The predicted molar refractivity (Wildman–Crippen MR) is 114 cm³/mol. The maximum Gasteiger partial charge on any atom is 0.255 e. The number of carbonyl (C=O) groups is 2. The monoisotopic (exact) mass is 389 g/mol. The number of pyridine rings is 1. The van der Waals surface area contributed by atoms with Gasteiger partial charge in [-0.15, -0.1) is 0 Å². The normalized spacial score (nSPS) is 10.5. The number of rotatable bonds is 7. The van der Waals surface area contributed by atoms with E-state index in [-0.39, 0.29) is 17.8 Å². The zero-order valence-corrected chi connectivity index (χ0v) is 16.6. The zero-order valence-electron chi connectivity index (χ0n) is 16.6. The molecule has 6 heteroatoms. The Hall–Kier alpha value is -3.67. The highest BCUT2D eigenvalue weighted by Gasteiger charge is 2.09. The fraction of sp³-hybridized carbons (Fsp3) is 0.174. The molecular formula is C23H23N3O3. The molecule has 0 fully saturated rings. The molecule has 0 saturated carbocycles. The molecule has 0 radical (unpaired) electrons. The third-order valence-electron chi connectivity index (χ3n) is 4.05. The number of nitrogens with zero attached hydrogens (tertiary/aromatic N) is 1. The van der Waals surface area contributed by atoms with Crippen molar-refractivity contribution >= 4 is 28.9 Å². The highest BCUT2D eigenvalue weighted by atomic mass is 16.5. The lowest BCUT2D eigenvalue weighted by Gasteiger charge is -2.11. The summed E-state index contributed by atoms with van der Waals surface area (Å²) in [6, 6.07) is 17.7. The molecule has 2 aromatic carbocycles. The Kier molecular flexibility index (Phi) is 6.24. The molecule has 1 amide bonds. The van der Waals surface area contributed by atoms with E-state index in [1.807, 2.05) is 38.1 Å². The largest absolute Gasteiger partial charge is 0.491 e. The average molecular weight is 389 g/mol. The van der Waals surface area contributed by atoms with Crippen LogP contribution < -0.4 is 15.4 Å². The summed E-state index contributed by atoms with van der Waals surface area (Å²) < 4.78 is 5.63. The average Bonchev–Trinajstić information content (AvgIpc) is 2.69. The van der Waals surface area contributed by atoms with Gasteiger partial charge in [-0.3, -0.25) is 9.59 Å². The van der Waals surface area contributed by atoms with E-state index in [9.17, 15) is 9.59 Å². The van der Waals surface area contributed by atoms with Crippen LogP contribution in [0.1, 0.15) is 41.5 Å². The van der Waals surface area contributed by atoms with Gasteiger partial charge in [-0.25, -0.2) is 4.98 Å². The van der Waals surface area contributed by atoms with E-state index in [0.29, 0.717) is 22.6 Å². The van der Waals surface area contributed by atoms with E-state index >= 15 is 0 Å². The number of benzene rings is 2. The van der Waals surface area contributed by atoms with E-state index < -0.39 is 0 Å². The molecular weight excluding hydrogens is 366 g/mol. The highest BCUT2D eigenvalue weighted by Crippen LogP contribution is 2.21. The molecule has 0 spiro atoms. The van der Waals surface area contributed by atoms with Crippen molar-refractivity contribution in [2.45, 2.75) is 26.9 Å². The first kappa shape index (κ1) is 20.1. The summed E-state index contributed by atoms with van der Waals surface area (Å²) in [6.07, 6.45) is 1.68. The number of anilines is 3. The molecule has 29 heavy (non-hydrogen) atoms. The summed E-state index contributed by atoms with van der Waals surface area (Å²) in [5.41, 5.74) is 2.40. The van der Waals surface area contributed by atoms with Crippen molar-refractivity contribution in [3.63, 3.8) is 0 Å². The van der Waals surface area contributed by atoms with Gasteiger partial charge in [0.25, 0.3) is 5.91 Å². The second-order valence-corrected chi connectivity index (χ2v) is 6.84. The molecule has 3 rings (SSSR count). The summed E-state index contributed by atoms with van der Waals surface area (Å²) >= 11 is 0. The Balaban J connectivity index is 1.69. The first-order valence-corrected chi connectivity index (χ1v) is 9.33. The Bertz CT molecular complexity index is 1010. The van der Waals surface area contributed by atoms with E-state index in [0.717, 1.165) is 11.4 Å². The lowest BCUT2D eigenvalue weighted by atomic mass is 10.1. The first-order valence-electron chi connectivity index (χ1n) is 9.33. The second kappa shape index (κ2) is 9.01. The van der Waals surface area contributed by atoms with Crippen LogP contribution in [0.4, 0.5) is 17.2 Å². The number of aromatic nitrogens is 1. The maximum absolute atomic E-state index is 12.6. The molecule has 0 aliphatic rings. The van der Waals surface area contributed by atoms with Gasteiger partial charge >= 0.3 is 0 Å². The van der Waals surface area contributed by atoms with Gasteiger partial charge in [0.2, 0.25) is 0 Å². The van der Waals surface area contributed by atoms with Crippen LogP contribution in [0, 0.1) is 0 Å². The smallest absolute Gasteiger partial charge is 0.255 e. The molecule has 148 valence electrons. The minimum absolute atomic E-state index is 0.0543. The van der Waals surface area contributed by atoms with E-state index in [2.05, 4.69) is 15.6 Å². The van der Waals surface area contributed by atoms with Gasteiger partial charge in [-0.1, -0.05) is 12.1 Å². The van der Waals surface area contributed by atoms with Gasteiger partial charge in [0.15, 0.2) is 5.78 Å². The van der Waals surface area contributed by atoms with Gasteiger partial charge in [-0.05, 0) is 69.3 Å². The predicted octanol–water partition coefficient (Wildman–Crippen LogP) is 5.07. The van der Waals surface area contributed by atoms with Crippen LogP contribution in [0.15, 0.2) is 66.9 Å². The maximum atomic E-state index is 12.6. The first-order chi connectivity index (χ1) is 13.9. The molecule has 3 aromatic rings. The number of amides is 1. The Morgan fingerprint density at radius 2 is 1.69 bits per heavy atom. The molecule has 0 atom stereocenters. The summed E-state index contributed by atoms with van der Waals surface area (Å²) in [5, 5.41) is 5.98. The minimum Gasteiger partial charge on any atom is -0.491 e. The summed E-state index contributed by atoms with van der Waals surface area (Å²) in [5.74, 6) is 1.00. The molecule has 0 aliphatic carbocycles.